The molecule has 1 aromatic carbocycles. The van der Waals surface area contributed by atoms with Gasteiger partial charge in [-0.1, -0.05) is 39.0 Å². The van der Waals surface area contributed by atoms with E-state index in [-0.39, 0.29) is 5.75 Å². The Morgan fingerprint density at radius 2 is 1.91 bits per heavy atom. The maximum Gasteiger partial charge on any atom is 0.197 e. The van der Waals surface area contributed by atoms with E-state index in [4.69, 9.17) is 22.5 Å². The van der Waals surface area contributed by atoms with Crippen LogP contribution in [0.2, 0.25) is 0 Å². The number of nitrogens with two attached hydrogens (primary N) is 1. The van der Waals surface area contributed by atoms with Gasteiger partial charge in [-0.2, -0.15) is 4.99 Å². The average molecular weight is 477 g/mol. The van der Waals surface area contributed by atoms with E-state index in [0.717, 1.165) is 88.6 Å². The normalized spacial score (nSPS) is 15.8. The van der Waals surface area contributed by atoms with Crippen molar-refractivity contribution >= 4 is 23.3 Å². The van der Waals surface area contributed by atoms with Crippen LogP contribution in [0.3, 0.4) is 0 Å². The van der Waals surface area contributed by atoms with E-state index in [1.54, 1.807) is 16.6 Å². The van der Waals surface area contributed by atoms with Gasteiger partial charge in [0.1, 0.15) is 11.6 Å². The Kier molecular flexibility index (Phi) is 11.6. The second-order valence-corrected chi connectivity index (χ2v) is 9.12. The topological polar surface area (TPSA) is 71.6 Å². The summed E-state index contributed by atoms with van der Waals surface area (Å²) in [5.41, 5.74) is 8.16. The molecular weight excluding hydrogens is 436 g/mol. The van der Waals surface area contributed by atoms with Crippen molar-refractivity contribution in [2.75, 3.05) is 59.4 Å². The number of likely N-dealkylation sites (N-methyl/N-ethyl adjacent to an activating group) is 1. The molecule has 3 N–H and O–H groups in total. The Balaban J connectivity index is 2.25. The predicted octanol–water partition coefficient (Wildman–Crippen LogP) is 3.78. The molecule has 1 heterocycles. The highest BCUT2D eigenvalue weighted by Gasteiger charge is 2.20. The van der Waals surface area contributed by atoms with Crippen LogP contribution in [0.15, 0.2) is 47.7 Å². The fraction of sp³-hybridized carbons (Fsp3) is 0.560. The number of rotatable bonds is 12. The Bertz CT molecular complexity index is 802. The van der Waals surface area contributed by atoms with Gasteiger partial charge in [0.2, 0.25) is 0 Å². The minimum atomic E-state index is 0.221. The van der Waals surface area contributed by atoms with Gasteiger partial charge >= 0.3 is 0 Å². The molecule has 0 aromatic heterocycles. The molecule has 7 nitrogen and oxygen atoms in total. The first-order valence-corrected chi connectivity index (χ1v) is 12.3. The summed E-state index contributed by atoms with van der Waals surface area (Å²) in [5, 5.41) is 9.88. The number of nitrogens with zero attached hydrogens (tertiary/aromatic N) is 5. The smallest absolute Gasteiger partial charge is 0.197 e. The molecule has 184 valence electrons. The Morgan fingerprint density at radius 3 is 2.52 bits per heavy atom. The summed E-state index contributed by atoms with van der Waals surface area (Å²) < 4.78 is 1.70. The summed E-state index contributed by atoms with van der Waals surface area (Å²) in [4.78, 5) is 11.7. The summed E-state index contributed by atoms with van der Waals surface area (Å²) in [7, 11) is 1.88. The quantitative estimate of drug-likeness (QED) is 0.207. The van der Waals surface area contributed by atoms with Gasteiger partial charge in [-0.05, 0) is 54.0 Å². The molecule has 0 saturated carbocycles. The number of allylic oxidation sites excluding steroid dienone is 2. The molecule has 1 fully saturated rings. The predicted molar refractivity (Wildman–Crippen MR) is 140 cm³/mol. The lowest BCUT2D eigenvalue weighted by atomic mass is 10.1. The maximum absolute atomic E-state index is 9.88. The number of unbranched alkanes of at least 4 members (excludes halogenated alkanes) is 1. The number of benzene rings is 1. The lowest BCUT2D eigenvalue weighted by Gasteiger charge is -2.36. The van der Waals surface area contributed by atoms with Crippen LogP contribution < -0.4 is 5.73 Å². The number of halogens is 1. The summed E-state index contributed by atoms with van der Waals surface area (Å²) in [6, 6.07) is 7.13. The third-order valence-electron chi connectivity index (χ3n) is 5.77. The van der Waals surface area contributed by atoms with Gasteiger partial charge in [0.25, 0.3) is 0 Å². The highest BCUT2D eigenvalue weighted by molar-refractivity contribution is 6.13. The molecule has 1 aromatic rings. The van der Waals surface area contributed by atoms with Crippen LogP contribution in [-0.2, 0) is 0 Å². The second kappa shape index (κ2) is 14.1. The minimum Gasteiger partial charge on any atom is -0.508 e. The summed E-state index contributed by atoms with van der Waals surface area (Å²) in [6.07, 6.45) is 5.19. The lowest BCUT2D eigenvalue weighted by Crippen LogP contribution is -2.47. The van der Waals surface area contributed by atoms with Crippen LogP contribution in [0.1, 0.15) is 38.7 Å². The van der Waals surface area contributed by atoms with E-state index < -0.39 is 0 Å². The number of aliphatic imine (C=N–C) groups is 1. The fourth-order valence-electron chi connectivity index (χ4n) is 3.77. The van der Waals surface area contributed by atoms with Gasteiger partial charge in [0.15, 0.2) is 5.96 Å². The van der Waals surface area contributed by atoms with Gasteiger partial charge < -0.3 is 20.6 Å². The summed E-state index contributed by atoms with van der Waals surface area (Å²) in [6.45, 7) is 15.7. The molecule has 0 aliphatic carbocycles. The van der Waals surface area contributed by atoms with E-state index in [1.807, 2.05) is 25.3 Å². The largest absolute Gasteiger partial charge is 0.508 e. The first-order chi connectivity index (χ1) is 15.8. The van der Waals surface area contributed by atoms with Gasteiger partial charge in [0.05, 0.1) is 0 Å². The van der Waals surface area contributed by atoms with Crippen LogP contribution in [0.4, 0.5) is 0 Å². The van der Waals surface area contributed by atoms with E-state index in [0.29, 0.717) is 5.96 Å². The van der Waals surface area contributed by atoms with Crippen LogP contribution in [0, 0.1) is 0 Å². The van der Waals surface area contributed by atoms with Crippen molar-refractivity contribution in [1.29, 1.82) is 0 Å². The molecule has 8 heteroatoms. The summed E-state index contributed by atoms with van der Waals surface area (Å²) >= 11 is 5.97. The van der Waals surface area contributed by atoms with Gasteiger partial charge in [-0.3, -0.25) is 4.90 Å². The maximum atomic E-state index is 9.88. The zero-order valence-corrected chi connectivity index (χ0v) is 21.3. The molecule has 0 unspecified atom stereocenters. The van der Waals surface area contributed by atoms with Crippen molar-refractivity contribution in [1.82, 2.24) is 19.1 Å². The number of guanidine groups is 1. The van der Waals surface area contributed by atoms with Crippen LogP contribution >= 0.6 is 11.8 Å². The molecule has 1 saturated heterocycles. The molecular formula is C25H41ClN6O. The molecule has 0 bridgehead atoms. The molecule has 0 amide bonds. The fourth-order valence-corrected chi connectivity index (χ4v) is 3.84. The monoisotopic (exact) mass is 476 g/mol. The SMILES string of the molecule is C=C(/C=C(\N=C(N)N(CCC)CCCC)N1CCN(CCN(C)Cl)CC1)c1cccc(O)c1. The Labute approximate surface area is 204 Å². The third kappa shape index (κ3) is 9.27. The van der Waals surface area contributed by atoms with Crippen LogP contribution in [-0.4, -0.2) is 89.6 Å². The molecule has 0 radical (unpaired) electrons. The molecule has 1 aliphatic rings. The highest BCUT2D eigenvalue weighted by Crippen LogP contribution is 2.22. The lowest BCUT2D eigenvalue weighted by molar-refractivity contribution is 0.153. The molecule has 0 atom stereocenters. The van der Waals surface area contributed by atoms with Crippen molar-refractivity contribution in [3.05, 3.63) is 48.3 Å². The number of phenolic OH excluding ortho intramolecular Hbond substituents is 1. The van der Waals surface area contributed by atoms with E-state index in [2.05, 4.69) is 35.1 Å². The van der Waals surface area contributed by atoms with Crippen molar-refractivity contribution in [2.45, 2.75) is 33.1 Å². The molecule has 1 aliphatic heterocycles. The zero-order chi connectivity index (χ0) is 24.2. The van der Waals surface area contributed by atoms with Gasteiger partial charge in [0, 0.05) is 59.4 Å². The van der Waals surface area contributed by atoms with Gasteiger partial charge in [-0.25, -0.2) is 4.42 Å². The van der Waals surface area contributed by atoms with Crippen molar-refractivity contribution in [3.63, 3.8) is 0 Å². The molecule has 2 rings (SSSR count). The van der Waals surface area contributed by atoms with Crippen molar-refractivity contribution in [3.8, 4) is 5.75 Å². The summed E-state index contributed by atoms with van der Waals surface area (Å²) in [5.74, 6) is 1.58. The average Bonchev–Trinajstić information content (AvgIpc) is 2.80. The number of hydrogen-bond acceptors (Lipinski definition) is 5. The van der Waals surface area contributed by atoms with Crippen molar-refractivity contribution < 1.29 is 5.11 Å². The minimum absolute atomic E-state index is 0.221. The highest BCUT2D eigenvalue weighted by atomic mass is 35.5. The third-order valence-corrected chi connectivity index (χ3v) is 5.94. The molecule has 0 spiro atoms. The van der Waals surface area contributed by atoms with E-state index >= 15 is 0 Å². The zero-order valence-electron chi connectivity index (χ0n) is 20.5. The first kappa shape index (κ1) is 27.0. The van der Waals surface area contributed by atoms with E-state index in [1.165, 1.54) is 0 Å². The van der Waals surface area contributed by atoms with Gasteiger partial charge in [-0.15, -0.1) is 0 Å². The second-order valence-electron chi connectivity index (χ2n) is 8.55. The Morgan fingerprint density at radius 1 is 1.18 bits per heavy atom. The van der Waals surface area contributed by atoms with Crippen LogP contribution in [0.25, 0.3) is 5.57 Å². The standard InChI is InChI=1S/C25H41ClN6O/c1-5-7-12-32(11-6-2)25(27)28-24(19-21(3)22-9-8-10-23(33)20-22)31-17-15-30(16-18-31)14-13-29(4)26/h8-10,19-20,33H,3,5-7,11-18H2,1-2,4H3,(H2,27,28)/b24-19+. The van der Waals surface area contributed by atoms with Crippen LogP contribution in [0.5, 0.6) is 5.75 Å². The van der Waals surface area contributed by atoms with Crippen molar-refractivity contribution in [2.24, 2.45) is 10.7 Å². The number of hydrogen-bond donors (Lipinski definition) is 2. The first-order valence-electron chi connectivity index (χ1n) is 12.0. The number of phenols is 1. The Hall–Kier alpha value is -2.22. The number of aromatic hydroxyl groups is 1. The van der Waals surface area contributed by atoms with E-state index in [9.17, 15) is 5.11 Å². The number of piperazine rings is 1. The molecule has 33 heavy (non-hydrogen) atoms.